The van der Waals surface area contributed by atoms with E-state index in [-0.39, 0.29) is 46.9 Å². The highest BCUT2D eigenvalue weighted by Gasteiger charge is 2.42. The lowest BCUT2D eigenvalue weighted by atomic mass is 9.79. The van der Waals surface area contributed by atoms with Crippen molar-refractivity contribution in [2.45, 2.75) is 37.3 Å². The molecule has 1 N–H and O–H groups in total. The van der Waals surface area contributed by atoms with E-state index in [0.29, 0.717) is 56.5 Å². The molecule has 12 nitrogen and oxygen atoms in total. The molecule has 12 heteroatoms. The molecule has 0 saturated carbocycles. The number of piperidine rings is 2. The van der Waals surface area contributed by atoms with Crippen LogP contribution >= 0.6 is 0 Å². The number of aliphatic hydroxyl groups is 1. The van der Waals surface area contributed by atoms with Crippen molar-refractivity contribution in [1.29, 1.82) is 0 Å². The van der Waals surface area contributed by atoms with E-state index in [4.69, 9.17) is 4.74 Å². The number of methoxy groups -OCH3 is 1. The third kappa shape index (κ3) is 6.41. The first-order valence-electron chi connectivity index (χ1n) is 16.8. The van der Waals surface area contributed by atoms with Crippen molar-refractivity contribution in [1.82, 2.24) is 28.9 Å². The molecule has 0 aliphatic carbocycles. The number of pyridine rings is 1. The summed E-state index contributed by atoms with van der Waals surface area (Å²) in [6.07, 6.45) is 7.18. The van der Waals surface area contributed by atoms with Crippen LogP contribution in [0, 0.1) is 5.92 Å². The van der Waals surface area contributed by atoms with Crippen molar-refractivity contribution in [3.05, 3.63) is 125 Å². The lowest BCUT2D eigenvalue weighted by Gasteiger charge is -2.43. The quantitative estimate of drug-likeness (QED) is 0.258. The lowest BCUT2D eigenvalue weighted by Crippen LogP contribution is -2.53. The molecule has 0 bridgehead atoms. The van der Waals surface area contributed by atoms with Gasteiger partial charge in [-0.25, -0.2) is 9.78 Å². The molecular formula is C38H38N6O6. The fourth-order valence-electron chi connectivity index (χ4n) is 7.26. The average Bonchev–Trinajstić information content (AvgIpc) is 3.61. The third-order valence-corrected chi connectivity index (χ3v) is 10.0. The summed E-state index contributed by atoms with van der Waals surface area (Å²) in [5, 5.41) is 12.1. The van der Waals surface area contributed by atoms with Gasteiger partial charge < -0.3 is 24.2 Å². The van der Waals surface area contributed by atoms with Crippen molar-refractivity contribution in [2.24, 2.45) is 5.92 Å². The summed E-state index contributed by atoms with van der Waals surface area (Å²) >= 11 is 0. The number of carbonyl (C=O) groups excluding carboxylic acids is 3. The predicted molar refractivity (Wildman–Crippen MR) is 185 cm³/mol. The number of aromatic nitrogens is 4. The Kier molecular flexibility index (Phi) is 9.02. The molecule has 7 rings (SSSR count). The number of ether oxygens (including phenoxy) is 1. The smallest absolute Gasteiger partial charge is 0.339 e. The minimum absolute atomic E-state index is 0.00939. The zero-order valence-corrected chi connectivity index (χ0v) is 27.7. The van der Waals surface area contributed by atoms with Gasteiger partial charge in [0.2, 0.25) is 5.91 Å². The minimum atomic E-state index is -1.18. The average molecular weight is 675 g/mol. The lowest BCUT2D eigenvalue weighted by molar-refractivity contribution is -0.142. The fraction of sp³-hybridized carbons (Fsp3) is 0.316. The molecule has 5 aromatic rings. The molecule has 2 fully saturated rings. The Morgan fingerprint density at radius 3 is 2.34 bits per heavy atom. The van der Waals surface area contributed by atoms with E-state index in [1.165, 1.54) is 36.5 Å². The molecule has 2 aliphatic heterocycles. The number of para-hydroxylation sites is 1. The molecule has 2 amide bonds. The number of esters is 1. The number of fused-ring (bicyclic) bond motifs is 1. The number of hydrogen-bond acceptors (Lipinski definition) is 8. The van der Waals surface area contributed by atoms with Gasteiger partial charge in [-0.2, -0.15) is 0 Å². The molecule has 2 aromatic carbocycles. The Bertz CT molecular complexity index is 2090. The van der Waals surface area contributed by atoms with Gasteiger partial charge in [0.25, 0.3) is 11.5 Å². The van der Waals surface area contributed by atoms with Crippen molar-refractivity contribution in [2.75, 3.05) is 33.3 Å². The number of amides is 2. The topological polar surface area (TPSA) is 140 Å². The summed E-state index contributed by atoms with van der Waals surface area (Å²) in [6.45, 7) is 1.45. The second kappa shape index (κ2) is 13.7. The van der Waals surface area contributed by atoms with Crippen molar-refractivity contribution in [3.8, 4) is 5.69 Å². The van der Waals surface area contributed by atoms with Crippen molar-refractivity contribution < 1.29 is 24.2 Å². The molecule has 0 radical (unpaired) electrons. The summed E-state index contributed by atoms with van der Waals surface area (Å²) < 4.78 is 8.11. The van der Waals surface area contributed by atoms with Gasteiger partial charge in [0, 0.05) is 62.3 Å². The van der Waals surface area contributed by atoms with E-state index >= 15 is 0 Å². The number of likely N-dealkylation sites (tertiary alicyclic amines) is 2. The SMILES string of the molecule is COC(=O)c1cncc(C(=O)N2CC[C@@H](C(=O)N3CCC(O)(Cn4cnc5c(ccn5-c5ccccc5)c4=O)CC3)[C@H](c3ccccc3)C2)c1. The fourth-order valence-corrected chi connectivity index (χ4v) is 7.26. The first kappa shape index (κ1) is 32.9. The molecule has 50 heavy (non-hydrogen) atoms. The highest BCUT2D eigenvalue weighted by atomic mass is 16.5. The normalized spacial score (nSPS) is 18.9. The maximum atomic E-state index is 14.1. The van der Waals surface area contributed by atoms with Crippen LogP contribution in [0.1, 0.15) is 51.5 Å². The molecular weight excluding hydrogens is 636 g/mol. The van der Waals surface area contributed by atoms with E-state index in [0.717, 1.165) is 11.3 Å². The first-order chi connectivity index (χ1) is 24.2. The number of nitrogens with zero attached hydrogens (tertiary/aromatic N) is 6. The molecule has 5 heterocycles. The maximum Gasteiger partial charge on any atom is 0.339 e. The zero-order valence-electron chi connectivity index (χ0n) is 27.7. The van der Waals surface area contributed by atoms with Crippen LogP contribution in [0.15, 0.2) is 103 Å². The van der Waals surface area contributed by atoms with Gasteiger partial charge in [-0.15, -0.1) is 0 Å². The van der Waals surface area contributed by atoms with Gasteiger partial charge in [-0.05, 0) is 49.1 Å². The van der Waals surface area contributed by atoms with E-state index in [1.54, 1.807) is 15.9 Å². The van der Waals surface area contributed by atoms with Gasteiger partial charge in [-0.3, -0.25) is 23.9 Å². The van der Waals surface area contributed by atoms with E-state index in [2.05, 4.69) is 9.97 Å². The second-order valence-electron chi connectivity index (χ2n) is 13.1. The molecule has 2 atom stereocenters. The number of rotatable bonds is 7. The largest absolute Gasteiger partial charge is 0.465 e. The number of hydrogen-bond donors (Lipinski definition) is 1. The third-order valence-electron chi connectivity index (χ3n) is 10.0. The monoisotopic (exact) mass is 674 g/mol. The van der Waals surface area contributed by atoms with Gasteiger partial charge in [-0.1, -0.05) is 48.5 Å². The van der Waals surface area contributed by atoms with Crippen molar-refractivity contribution in [3.63, 3.8) is 0 Å². The summed E-state index contributed by atoms with van der Waals surface area (Å²) in [4.78, 5) is 65.4. The Labute approximate surface area is 288 Å². The van der Waals surface area contributed by atoms with Crippen LogP contribution in [0.5, 0.6) is 0 Å². The van der Waals surface area contributed by atoms with Crippen LogP contribution < -0.4 is 5.56 Å². The Hall–Kier alpha value is -5.62. The first-order valence-corrected chi connectivity index (χ1v) is 16.8. The Morgan fingerprint density at radius 2 is 1.62 bits per heavy atom. The van der Waals surface area contributed by atoms with Gasteiger partial charge in [0.15, 0.2) is 5.65 Å². The summed E-state index contributed by atoms with van der Waals surface area (Å²) in [6, 6.07) is 22.6. The van der Waals surface area contributed by atoms with Crippen LogP contribution in [-0.2, 0) is 16.1 Å². The van der Waals surface area contributed by atoms with Gasteiger partial charge >= 0.3 is 5.97 Å². The summed E-state index contributed by atoms with van der Waals surface area (Å²) in [5.41, 5.74) is 1.48. The second-order valence-corrected chi connectivity index (χ2v) is 13.1. The predicted octanol–water partition coefficient (Wildman–Crippen LogP) is 3.67. The highest BCUT2D eigenvalue weighted by molar-refractivity contribution is 5.97. The zero-order chi connectivity index (χ0) is 34.8. The standard InChI is InChI=1S/C38H38N6O6/c1-50-37(48)28-20-27(21-39-22-28)34(45)42-16-12-30(32(23-42)26-8-4-2-5-9-26)35(46)41-18-14-38(49,15-19-41)24-43-25-40-33-31(36(43)47)13-17-44(33)29-10-6-3-7-11-29/h2-11,13,17,20-22,25,30,32,49H,12,14-16,18-19,23-24H2,1H3/t30-,32+/m1/s1. The van der Waals surface area contributed by atoms with Gasteiger partial charge in [0.1, 0.15) is 6.33 Å². The van der Waals surface area contributed by atoms with Crippen LogP contribution in [0.4, 0.5) is 0 Å². The Balaban J connectivity index is 1.04. The summed E-state index contributed by atoms with van der Waals surface area (Å²) in [5.74, 6) is -1.47. The van der Waals surface area contributed by atoms with E-state index < -0.39 is 11.6 Å². The van der Waals surface area contributed by atoms with Crippen LogP contribution in [0.25, 0.3) is 16.7 Å². The van der Waals surface area contributed by atoms with Crippen LogP contribution in [-0.4, -0.2) is 90.7 Å². The highest BCUT2D eigenvalue weighted by Crippen LogP contribution is 2.36. The number of carbonyl (C=O) groups is 3. The molecule has 0 unspecified atom stereocenters. The minimum Gasteiger partial charge on any atom is -0.465 e. The van der Waals surface area contributed by atoms with E-state index in [1.807, 2.05) is 71.4 Å². The molecule has 3 aromatic heterocycles. The maximum absolute atomic E-state index is 14.1. The van der Waals surface area contributed by atoms with Crippen LogP contribution in [0.2, 0.25) is 0 Å². The van der Waals surface area contributed by atoms with Crippen LogP contribution in [0.3, 0.4) is 0 Å². The molecule has 2 aliphatic rings. The van der Waals surface area contributed by atoms with Crippen molar-refractivity contribution >= 4 is 28.8 Å². The molecule has 256 valence electrons. The molecule has 0 spiro atoms. The summed E-state index contributed by atoms with van der Waals surface area (Å²) in [7, 11) is 1.27. The van der Waals surface area contributed by atoms with Gasteiger partial charge in [0.05, 0.1) is 35.8 Å². The van der Waals surface area contributed by atoms with E-state index in [9.17, 15) is 24.3 Å². The number of benzene rings is 2. The Morgan fingerprint density at radius 1 is 0.920 bits per heavy atom. The molecule has 2 saturated heterocycles.